The molecule has 2 rings (SSSR count). The monoisotopic (exact) mass is 364 g/mol. The molecule has 0 aliphatic carbocycles. The first-order valence-corrected chi connectivity index (χ1v) is 7.50. The number of methoxy groups -OCH3 is 1. The molecule has 0 aliphatic heterocycles. The Bertz CT molecular complexity index is 826. The van der Waals surface area contributed by atoms with E-state index in [9.17, 15) is 18.8 Å². The van der Waals surface area contributed by atoms with Crippen LogP contribution in [-0.2, 0) is 14.3 Å². The van der Waals surface area contributed by atoms with Crippen LogP contribution in [-0.4, -0.2) is 24.9 Å². The van der Waals surface area contributed by atoms with E-state index in [0.29, 0.717) is 5.69 Å². The van der Waals surface area contributed by atoms with Gasteiger partial charge in [0.15, 0.2) is 0 Å². The Labute approximate surface area is 147 Å². The van der Waals surface area contributed by atoms with E-state index in [0.717, 1.165) is 6.07 Å². The molecule has 0 aliphatic rings. The average molecular weight is 365 g/mol. The number of halogens is 2. The molecule has 0 spiro atoms. The molecule has 130 valence electrons. The maximum absolute atomic E-state index is 13.1. The van der Waals surface area contributed by atoms with Crippen molar-refractivity contribution in [2.75, 3.05) is 17.7 Å². The zero-order valence-electron chi connectivity index (χ0n) is 13.1. The topological polar surface area (TPSA) is 84.5 Å². The summed E-state index contributed by atoms with van der Waals surface area (Å²) in [4.78, 5) is 35.2. The van der Waals surface area contributed by atoms with Crippen LogP contribution in [0.1, 0.15) is 16.8 Å². The number of nitrogens with one attached hydrogen (secondary N) is 2. The van der Waals surface area contributed by atoms with Gasteiger partial charge in [-0.25, -0.2) is 9.18 Å². The number of amides is 2. The van der Waals surface area contributed by atoms with Gasteiger partial charge in [-0.15, -0.1) is 0 Å². The van der Waals surface area contributed by atoms with Gasteiger partial charge in [-0.3, -0.25) is 9.59 Å². The summed E-state index contributed by atoms with van der Waals surface area (Å²) in [5, 5.41) is 4.81. The fraction of sp³-hybridized carbons (Fsp3) is 0.118. The minimum absolute atomic E-state index is 0.137. The highest BCUT2D eigenvalue weighted by molar-refractivity contribution is 6.31. The van der Waals surface area contributed by atoms with Crippen LogP contribution in [0.2, 0.25) is 5.02 Å². The van der Waals surface area contributed by atoms with Gasteiger partial charge in [0.2, 0.25) is 11.8 Å². The van der Waals surface area contributed by atoms with Crippen LogP contribution in [0.4, 0.5) is 15.8 Å². The predicted molar refractivity (Wildman–Crippen MR) is 91.1 cm³/mol. The first-order chi connectivity index (χ1) is 11.9. The fourth-order valence-corrected chi connectivity index (χ4v) is 2.15. The second-order valence-corrected chi connectivity index (χ2v) is 5.38. The largest absolute Gasteiger partial charge is 0.465 e. The van der Waals surface area contributed by atoms with E-state index in [4.69, 9.17) is 11.6 Å². The first kappa shape index (κ1) is 18.4. The second kappa shape index (κ2) is 8.25. The first-order valence-electron chi connectivity index (χ1n) is 7.12. The molecule has 25 heavy (non-hydrogen) atoms. The Kier molecular flexibility index (Phi) is 6.08. The second-order valence-electron chi connectivity index (χ2n) is 4.97. The van der Waals surface area contributed by atoms with Crippen molar-refractivity contribution in [2.24, 2.45) is 0 Å². The lowest BCUT2D eigenvalue weighted by molar-refractivity contribution is -0.123. The summed E-state index contributed by atoms with van der Waals surface area (Å²) in [6, 6.07) is 9.79. The number of carbonyl (C=O) groups excluding carboxylic acids is 3. The molecule has 0 saturated heterocycles. The molecule has 2 aromatic carbocycles. The summed E-state index contributed by atoms with van der Waals surface area (Å²) in [7, 11) is 1.25. The highest BCUT2D eigenvalue weighted by Gasteiger charge is 2.12. The normalized spacial score (nSPS) is 10.0. The summed E-state index contributed by atoms with van der Waals surface area (Å²) in [6.45, 7) is 0. The number of hydrogen-bond acceptors (Lipinski definition) is 4. The van der Waals surface area contributed by atoms with Crippen LogP contribution < -0.4 is 10.6 Å². The molecule has 0 bridgehead atoms. The van der Waals surface area contributed by atoms with Gasteiger partial charge in [-0.05, 0) is 36.4 Å². The third-order valence-corrected chi connectivity index (χ3v) is 3.38. The lowest BCUT2D eigenvalue weighted by Gasteiger charge is -2.08. The van der Waals surface area contributed by atoms with Crippen molar-refractivity contribution in [3.05, 3.63) is 58.9 Å². The van der Waals surface area contributed by atoms with Gasteiger partial charge in [-0.2, -0.15) is 0 Å². The highest BCUT2D eigenvalue weighted by atomic mass is 35.5. The number of esters is 1. The van der Waals surface area contributed by atoms with E-state index in [1.165, 1.54) is 31.4 Å². The molecule has 0 radical (unpaired) electrons. The molecular weight excluding hydrogens is 351 g/mol. The van der Waals surface area contributed by atoms with Crippen molar-refractivity contribution in [1.82, 2.24) is 0 Å². The molecule has 0 unspecified atom stereocenters. The van der Waals surface area contributed by atoms with E-state index in [-0.39, 0.29) is 16.3 Å². The number of rotatable bonds is 5. The molecule has 2 aromatic rings. The van der Waals surface area contributed by atoms with E-state index in [1.807, 2.05) is 0 Å². The average Bonchev–Trinajstić information content (AvgIpc) is 2.57. The van der Waals surface area contributed by atoms with Crippen LogP contribution in [0.25, 0.3) is 0 Å². The van der Waals surface area contributed by atoms with Crippen molar-refractivity contribution in [3.8, 4) is 0 Å². The zero-order valence-corrected chi connectivity index (χ0v) is 13.9. The summed E-state index contributed by atoms with van der Waals surface area (Å²) in [6.07, 6.45) is -0.461. The number of carbonyl (C=O) groups is 3. The number of benzene rings is 2. The van der Waals surface area contributed by atoms with Gasteiger partial charge >= 0.3 is 5.97 Å². The Hall–Kier alpha value is -2.93. The summed E-state index contributed by atoms with van der Waals surface area (Å²) < 4.78 is 17.7. The van der Waals surface area contributed by atoms with Crippen molar-refractivity contribution in [2.45, 2.75) is 6.42 Å². The predicted octanol–water partition coefficient (Wildman–Crippen LogP) is 3.23. The molecule has 0 fully saturated rings. The third kappa shape index (κ3) is 5.29. The van der Waals surface area contributed by atoms with Gasteiger partial charge < -0.3 is 15.4 Å². The van der Waals surface area contributed by atoms with Crippen LogP contribution >= 0.6 is 11.6 Å². The minimum atomic E-state index is -0.608. The van der Waals surface area contributed by atoms with E-state index in [2.05, 4.69) is 15.4 Å². The summed E-state index contributed by atoms with van der Waals surface area (Å²) in [5.41, 5.74) is 0.896. The molecule has 6 nitrogen and oxygen atoms in total. The molecule has 0 saturated carbocycles. The summed E-state index contributed by atoms with van der Waals surface area (Å²) in [5.74, 6) is -2.32. The van der Waals surface area contributed by atoms with E-state index in [1.54, 1.807) is 12.1 Å². The van der Waals surface area contributed by atoms with Gasteiger partial charge in [0.05, 0.1) is 17.7 Å². The quantitative estimate of drug-likeness (QED) is 0.630. The molecule has 0 aromatic heterocycles. The molecule has 8 heteroatoms. The Morgan fingerprint density at radius 1 is 1.04 bits per heavy atom. The van der Waals surface area contributed by atoms with E-state index >= 15 is 0 Å². The number of ether oxygens (including phenoxy) is 1. The molecule has 0 heterocycles. The number of hydrogen-bond donors (Lipinski definition) is 2. The highest BCUT2D eigenvalue weighted by Crippen LogP contribution is 2.19. The Morgan fingerprint density at radius 2 is 1.68 bits per heavy atom. The van der Waals surface area contributed by atoms with Gasteiger partial charge in [0.1, 0.15) is 12.2 Å². The van der Waals surface area contributed by atoms with Gasteiger partial charge in [0.25, 0.3) is 0 Å². The van der Waals surface area contributed by atoms with Crippen LogP contribution in [0.3, 0.4) is 0 Å². The van der Waals surface area contributed by atoms with Crippen molar-refractivity contribution >= 4 is 40.8 Å². The van der Waals surface area contributed by atoms with Crippen LogP contribution in [0.5, 0.6) is 0 Å². The summed E-state index contributed by atoms with van der Waals surface area (Å²) >= 11 is 5.62. The third-order valence-electron chi connectivity index (χ3n) is 3.09. The molecule has 2 N–H and O–H groups in total. The lowest BCUT2D eigenvalue weighted by atomic mass is 10.2. The molecule has 0 atom stereocenters. The fourth-order valence-electron chi connectivity index (χ4n) is 1.97. The van der Waals surface area contributed by atoms with Crippen LogP contribution in [0, 0.1) is 5.82 Å². The SMILES string of the molecule is COC(=O)c1cccc(NC(=O)CC(=O)Nc2ccc(F)c(Cl)c2)c1. The Balaban J connectivity index is 1.94. The smallest absolute Gasteiger partial charge is 0.337 e. The van der Waals surface area contributed by atoms with Crippen molar-refractivity contribution in [1.29, 1.82) is 0 Å². The van der Waals surface area contributed by atoms with Crippen molar-refractivity contribution < 1.29 is 23.5 Å². The Morgan fingerprint density at radius 3 is 2.28 bits per heavy atom. The maximum atomic E-state index is 13.1. The number of anilines is 2. The lowest BCUT2D eigenvalue weighted by Crippen LogP contribution is -2.21. The standard InChI is InChI=1S/C17H14ClFN2O4/c1-25-17(24)10-3-2-4-11(7-10)20-15(22)9-16(23)21-12-5-6-14(19)13(18)8-12/h2-8H,9H2,1H3,(H,20,22)(H,21,23). The maximum Gasteiger partial charge on any atom is 0.337 e. The minimum Gasteiger partial charge on any atom is -0.465 e. The van der Waals surface area contributed by atoms with Gasteiger partial charge in [-0.1, -0.05) is 17.7 Å². The van der Waals surface area contributed by atoms with Gasteiger partial charge in [0, 0.05) is 11.4 Å². The molecule has 2 amide bonds. The zero-order chi connectivity index (χ0) is 18.4. The van der Waals surface area contributed by atoms with E-state index < -0.39 is 30.0 Å². The van der Waals surface area contributed by atoms with Crippen LogP contribution in [0.15, 0.2) is 42.5 Å². The molecular formula is C17H14ClFN2O4. The van der Waals surface area contributed by atoms with Crippen molar-refractivity contribution in [3.63, 3.8) is 0 Å².